The van der Waals surface area contributed by atoms with E-state index in [9.17, 15) is 4.39 Å². The lowest BCUT2D eigenvalue weighted by Crippen LogP contribution is -2.05. The van der Waals surface area contributed by atoms with Gasteiger partial charge in [-0.3, -0.25) is 0 Å². The van der Waals surface area contributed by atoms with E-state index >= 15 is 0 Å². The van der Waals surface area contributed by atoms with E-state index < -0.39 is 0 Å². The molecule has 1 aromatic heterocycles. The molecule has 1 heterocycles. The number of rotatable bonds is 5. The third-order valence-corrected chi connectivity index (χ3v) is 2.91. The molecule has 0 bridgehead atoms. The average Bonchev–Trinajstić information content (AvgIpc) is 2.39. The van der Waals surface area contributed by atoms with Gasteiger partial charge in [0.1, 0.15) is 24.1 Å². The summed E-state index contributed by atoms with van der Waals surface area (Å²) in [5.74, 6) is 0.790. The maximum atomic E-state index is 13.7. The van der Waals surface area contributed by atoms with Gasteiger partial charge in [-0.15, -0.1) is 0 Å². The number of hydrogen-bond acceptors (Lipinski definition) is 5. The Hall–Kier alpha value is -1.73. The number of benzene rings is 1. The largest absolute Gasteiger partial charge is 0.384 e. The Morgan fingerprint density at radius 1 is 1.35 bits per heavy atom. The predicted molar refractivity (Wildman–Crippen MR) is 79.2 cm³/mol. The second-order valence-corrected chi connectivity index (χ2v) is 4.90. The van der Waals surface area contributed by atoms with Crippen molar-refractivity contribution in [2.45, 2.75) is 13.5 Å². The molecule has 1 aromatic carbocycles. The van der Waals surface area contributed by atoms with Crippen molar-refractivity contribution in [3.63, 3.8) is 0 Å². The van der Waals surface area contributed by atoms with E-state index in [0.717, 1.165) is 0 Å². The molecule has 0 aliphatic carbocycles. The van der Waals surface area contributed by atoms with E-state index in [1.807, 2.05) is 6.92 Å². The number of ether oxygens (including phenoxy) is 1. The highest BCUT2D eigenvalue weighted by Gasteiger charge is 2.07. The zero-order chi connectivity index (χ0) is 14.5. The zero-order valence-electron chi connectivity index (χ0n) is 10.9. The molecule has 0 unspecified atom stereocenters. The van der Waals surface area contributed by atoms with Crippen LogP contribution in [0.15, 0.2) is 28.7 Å². The van der Waals surface area contributed by atoms with Gasteiger partial charge in [-0.2, -0.15) is 0 Å². The summed E-state index contributed by atoms with van der Waals surface area (Å²) in [6.45, 7) is 2.70. The van der Waals surface area contributed by atoms with Crippen molar-refractivity contribution in [3.05, 3.63) is 40.4 Å². The Kier molecular flexibility index (Phi) is 4.86. The lowest BCUT2D eigenvalue weighted by Gasteiger charge is -2.09. The molecule has 7 heteroatoms. The number of nitrogens with one attached hydrogen (secondary N) is 1. The first kappa shape index (κ1) is 14.7. The molecule has 0 spiro atoms. The van der Waals surface area contributed by atoms with Gasteiger partial charge >= 0.3 is 0 Å². The van der Waals surface area contributed by atoms with Crippen molar-refractivity contribution in [2.75, 3.05) is 17.7 Å². The Bertz CT molecular complexity index is 609. The van der Waals surface area contributed by atoms with E-state index in [2.05, 4.69) is 31.2 Å². The van der Waals surface area contributed by atoms with Crippen LogP contribution in [0.5, 0.6) is 0 Å². The minimum Gasteiger partial charge on any atom is -0.384 e. The summed E-state index contributed by atoms with van der Waals surface area (Å²) in [5, 5.41) is 2.87. The summed E-state index contributed by atoms with van der Waals surface area (Å²) in [6, 6.07) is 6.25. The first-order chi connectivity index (χ1) is 9.58. The van der Waals surface area contributed by atoms with Crippen molar-refractivity contribution >= 4 is 33.3 Å². The molecule has 3 N–H and O–H groups in total. The topological polar surface area (TPSA) is 73.1 Å². The molecular formula is C13H14BrFN4O. The minimum absolute atomic E-state index is 0.263. The molecule has 2 rings (SSSR count). The minimum atomic E-state index is -0.386. The van der Waals surface area contributed by atoms with Crippen molar-refractivity contribution in [1.82, 2.24) is 9.97 Å². The van der Waals surface area contributed by atoms with Crippen molar-refractivity contribution < 1.29 is 9.13 Å². The third kappa shape index (κ3) is 3.88. The molecule has 0 aliphatic heterocycles. The summed E-state index contributed by atoms with van der Waals surface area (Å²) in [6.07, 6.45) is 0. The van der Waals surface area contributed by atoms with E-state index in [0.29, 0.717) is 34.2 Å². The SMILES string of the molecule is CCOCc1nc(N)cc(Nc2ccc(Br)cc2F)n1. The Morgan fingerprint density at radius 2 is 2.15 bits per heavy atom. The maximum absolute atomic E-state index is 13.7. The van der Waals surface area contributed by atoms with Gasteiger partial charge < -0.3 is 15.8 Å². The van der Waals surface area contributed by atoms with Crippen LogP contribution in [-0.2, 0) is 11.3 Å². The molecular weight excluding hydrogens is 327 g/mol. The number of halogens is 2. The smallest absolute Gasteiger partial charge is 0.158 e. The molecule has 0 saturated heterocycles. The zero-order valence-corrected chi connectivity index (χ0v) is 12.4. The Labute approximate surface area is 124 Å². The normalized spacial score (nSPS) is 10.6. The predicted octanol–water partition coefficient (Wildman–Crippen LogP) is 3.24. The van der Waals surface area contributed by atoms with Crippen LogP contribution < -0.4 is 11.1 Å². The summed E-state index contributed by atoms with van der Waals surface area (Å²) in [7, 11) is 0. The van der Waals surface area contributed by atoms with Gasteiger partial charge in [0.25, 0.3) is 0 Å². The van der Waals surface area contributed by atoms with Gasteiger partial charge in [-0.25, -0.2) is 14.4 Å². The molecule has 0 amide bonds. The van der Waals surface area contributed by atoms with E-state index in [4.69, 9.17) is 10.5 Å². The van der Waals surface area contributed by atoms with E-state index in [1.165, 1.54) is 12.1 Å². The molecule has 106 valence electrons. The van der Waals surface area contributed by atoms with Crippen LogP contribution in [0, 0.1) is 5.82 Å². The number of nitrogen functional groups attached to an aromatic ring is 1. The highest BCUT2D eigenvalue weighted by molar-refractivity contribution is 9.10. The van der Waals surface area contributed by atoms with Crippen LogP contribution in [0.2, 0.25) is 0 Å². The highest BCUT2D eigenvalue weighted by Crippen LogP contribution is 2.23. The summed E-state index contributed by atoms with van der Waals surface area (Å²) < 4.78 is 19.6. The summed E-state index contributed by atoms with van der Waals surface area (Å²) >= 11 is 3.20. The van der Waals surface area contributed by atoms with Crippen LogP contribution in [0.25, 0.3) is 0 Å². The Balaban J connectivity index is 2.21. The van der Waals surface area contributed by atoms with Gasteiger partial charge in [0.2, 0.25) is 0 Å². The van der Waals surface area contributed by atoms with Crippen molar-refractivity contribution in [2.24, 2.45) is 0 Å². The quantitative estimate of drug-likeness (QED) is 0.873. The van der Waals surface area contributed by atoms with Crippen molar-refractivity contribution in [3.8, 4) is 0 Å². The van der Waals surface area contributed by atoms with Crippen LogP contribution in [0.4, 0.5) is 21.7 Å². The lowest BCUT2D eigenvalue weighted by atomic mass is 10.3. The number of hydrogen-bond donors (Lipinski definition) is 2. The Morgan fingerprint density at radius 3 is 2.85 bits per heavy atom. The fourth-order valence-electron chi connectivity index (χ4n) is 1.57. The first-order valence-electron chi connectivity index (χ1n) is 6.01. The van der Waals surface area contributed by atoms with E-state index in [1.54, 1.807) is 12.1 Å². The molecule has 20 heavy (non-hydrogen) atoms. The van der Waals surface area contributed by atoms with Crippen LogP contribution in [0.1, 0.15) is 12.7 Å². The second-order valence-electron chi connectivity index (χ2n) is 3.98. The molecule has 0 aliphatic rings. The van der Waals surface area contributed by atoms with Gasteiger partial charge in [-0.05, 0) is 25.1 Å². The molecule has 5 nitrogen and oxygen atoms in total. The van der Waals surface area contributed by atoms with Gasteiger partial charge in [-0.1, -0.05) is 15.9 Å². The molecule has 0 atom stereocenters. The monoisotopic (exact) mass is 340 g/mol. The van der Waals surface area contributed by atoms with Gasteiger partial charge in [0, 0.05) is 17.1 Å². The number of nitrogens with two attached hydrogens (primary N) is 1. The fourth-order valence-corrected chi connectivity index (χ4v) is 1.90. The molecule has 2 aromatic rings. The third-order valence-electron chi connectivity index (χ3n) is 2.42. The molecule has 0 saturated carbocycles. The lowest BCUT2D eigenvalue weighted by molar-refractivity contribution is 0.128. The molecule has 0 fully saturated rings. The summed E-state index contributed by atoms with van der Waals surface area (Å²) in [5.41, 5.74) is 6.01. The maximum Gasteiger partial charge on any atom is 0.158 e. The number of nitrogens with zero attached hydrogens (tertiary/aromatic N) is 2. The fraction of sp³-hybridized carbons (Fsp3) is 0.231. The second kappa shape index (κ2) is 6.62. The van der Waals surface area contributed by atoms with Crippen molar-refractivity contribution in [1.29, 1.82) is 0 Å². The van der Waals surface area contributed by atoms with Crippen LogP contribution >= 0.6 is 15.9 Å². The average molecular weight is 341 g/mol. The van der Waals surface area contributed by atoms with Gasteiger partial charge in [0.15, 0.2) is 5.82 Å². The number of aromatic nitrogens is 2. The van der Waals surface area contributed by atoms with E-state index in [-0.39, 0.29) is 12.4 Å². The highest BCUT2D eigenvalue weighted by atomic mass is 79.9. The summed E-state index contributed by atoms with van der Waals surface area (Å²) in [4.78, 5) is 8.27. The number of anilines is 3. The van der Waals surface area contributed by atoms with Gasteiger partial charge in [0.05, 0.1) is 5.69 Å². The first-order valence-corrected chi connectivity index (χ1v) is 6.81. The van der Waals surface area contributed by atoms with Crippen LogP contribution in [-0.4, -0.2) is 16.6 Å². The van der Waals surface area contributed by atoms with Crippen LogP contribution in [0.3, 0.4) is 0 Å². The molecule has 0 radical (unpaired) electrons. The standard InChI is InChI=1S/C13H14BrFN4O/c1-2-20-7-13-18-11(16)6-12(19-13)17-10-4-3-8(14)5-9(10)15/h3-6H,2,7H2,1H3,(H3,16,17,18,19).